The molecular formula is C31H35Cl3SiTi. The van der Waals surface area contributed by atoms with Gasteiger partial charge in [-0.3, -0.25) is 0 Å². The summed E-state index contributed by atoms with van der Waals surface area (Å²) in [4.78, 5) is 0. The fraction of sp³-hybridized carbons (Fsp3) is 0.258. The topological polar surface area (TPSA) is 0 Å². The van der Waals surface area contributed by atoms with Crippen molar-refractivity contribution in [3.8, 4) is 0 Å². The molecule has 188 valence electrons. The maximum absolute atomic E-state index is 2.51. The van der Waals surface area contributed by atoms with Crippen molar-refractivity contribution in [3.05, 3.63) is 111 Å². The Labute approximate surface area is 252 Å². The Kier molecular flexibility index (Phi) is 13.1. The summed E-state index contributed by atoms with van der Waals surface area (Å²) >= 11 is 0. The summed E-state index contributed by atoms with van der Waals surface area (Å²) < 4.78 is 0. The van der Waals surface area contributed by atoms with Gasteiger partial charge in [-0.25, -0.2) is 6.07 Å². The smallest absolute Gasteiger partial charge is 1.00 e. The summed E-state index contributed by atoms with van der Waals surface area (Å²) in [6.45, 7) is 18.0. The molecule has 0 radical (unpaired) electrons. The number of hydrogen-bond donors (Lipinski definition) is 0. The van der Waals surface area contributed by atoms with E-state index in [-0.39, 0.29) is 58.9 Å². The molecule has 0 aliphatic rings. The SMILES string of the molecule is Cc1cc(C)cc([Si](c2cc(C)cc(C)c2)(c2cc(C)cc(C)c2)[c-]2ccc(C)c2C)c1.[Cl-].[Cl-].[Cl-].[Ti+4]. The fourth-order valence-corrected chi connectivity index (χ4v) is 11.3. The zero-order chi connectivity index (χ0) is 23.2. The molecule has 0 N–H and O–H groups in total. The number of rotatable bonds is 4. The molecule has 0 aliphatic carbocycles. The Hall–Kier alpha value is -1.19. The van der Waals surface area contributed by atoms with Crippen LogP contribution in [0.15, 0.2) is 66.7 Å². The minimum absolute atomic E-state index is 0. The molecule has 0 spiro atoms. The second-order valence-corrected chi connectivity index (χ2v) is 13.7. The summed E-state index contributed by atoms with van der Waals surface area (Å²) in [6.07, 6.45) is 0. The standard InChI is InChI=1S/C31H35Si.3ClH.Ti/c1-20-11-21(2)15-28(14-20)32(31-10-9-26(7)27(31)8,29-16-22(3)12-23(4)17-29)30-18-24(5)13-25(6)19-30;;;;/h9-19H,1-8H3;3*1H;/q-1;;;;+4/p-3. The van der Waals surface area contributed by atoms with Gasteiger partial charge in [-0.15, -0.1) is 5.19 Å². The van der Waals surface area contributed by atoms with Crippen LogP contribution in [0.25, 0.3) is 0 Å². The van der Waals surface area contributed by atoms with E-state index in [4.69, 9.17) is 0 Å². The maximum Gasteiger partial charge on any atom is 4.00 e. The van der Waals surface area contributed by atoms with Crippen LogP contribution < -0.4 is 58.0 Å². The Morgan fingerprint density at radius 2 is 0.750 bits per heavy atom. The van der Waals surface area contributed by atoms with Crippen LogP contribution in [0, 0.1) is 55.4 Å². The predicted molar refractivity (Wildman–Crippen MR) is 144 cm³/mol. The van der Waals surface area contributed by atoms with E-state index in [9.17, 15) is 0 Å². The second-order valence-electron chi connectivity index (χ2n) is 9.93. The molecular weight excluding hydrogens is 555 g/mol. The van der Waals surface area contributed by atoms with Crippen LogP contribution in [0.1, 0.15) is 44.5 Å². The van der Waals surface area contributed by atoms with Crippen LogP contribution in [-0.4, -0.2) is 8.07 Å². The van der Waals surface area contributed by atoms with Gasteiger partial charge < -0.3 is 37.2 Å². The monoisotopic (exact) mass is 588 g/mol. The summed E-state index contributed by atoms with van der Waals surface area (Å²) in [7, 11) is -2.51. The quantitative estimate of drug-likeness (QED) is 0.131. The molecule has 5 heteroatoms. The Bertz CT molecular complexity index is 1140. The average Bonchev–Trinajstić information content (AvgIpc) is 3.00. The first-order chi connectivity index (χ1) is 15.1. The van der Waals surface area contributed by atoms with Crippen molar-refractivity contribution < 1.29 is 58.9 Å². The van der Waals surface area contributed by atoms with Crippen molar-refractivity contribution in [2.75, 3.05) is 0 Å². The van der Waals surface area contributed by atoms with Gasteiger partial charge in [0.1, 0.15) is 8.07 Å². The maximum atomic E-state index is 2.45. The van der Waals surface area contributed by atoms with Gasteiger partial charge in [0, 0.05) is 0 Å². The van der Waals surface area contributed by atoms with E-state index in [0.717, 1.165) is 0 Å². The van der Waals surface area contributed by atoms with Gasteiger partial charge in [-0.2, -0.15) is 17.2 Å². The first kappa shape index (κ1) is 34.8. The van der Waals surface area contributed by atoms with E-state index < -0.39 is 8.07 Å². The molecule has 0 nitrogen and oxygen atoms in total. The summed E-state index contributed by atoms with van der Waals surface area (Å²) in [5.41, 5.74) is 10.9. The van der Waals surface area contributed by atoms with Gasteiger partial charge in [0.05, 0.1) is 0 Å². The van der Waals surface area contributed by atoms with E-state index in [1.54, 1.807) is 0 Å². The zero-order valence-electron chi connectivity index (χ0n) is 22.5. The van der Waals surface area contributed by atoms with Crippen LogP contribution in [0.4, 0.5) is 0 Å². The Morgan fingerprint density at radius 1 is 0.472 bits per heavy atom. The van der Waals surface area contributed by atoms with Gasteiger partial charge in [0.25, 0.3) is 0 Å². The summed E-state index contributed by atoms with van der Waals surface area (Å²) in [6, 6.07) is 26.4. The normalized spacial score (nSPS) is 10.4. The minimum atomic E-state index is -2.51. The number of hydrogen-bond acceptors (Lipinski definition) is 0. The largest absolute Gasteiger partial charge is 4.00 e. The second kappa shape index (κ2) is 13.6. The molecule has 4 aromatic carbocycles. The van der Waals surface area contributed by atoms with Gasteiger partial charge in [0.2, 0.25) is 0 Å². The van der Waals surface area contributed by atoms with E-state index in [0.29, 0.717) is 0 Å². The number of aryl methyl sites for hydroxylation is 7. The van der Waals surface area contributed by atoms with Crippen molar-refractivity contribution in [2.45, 2.75) is 55.4 Å². The molecule has 0 amide bonds. The summed E-state index contributed by atoms with van der Waals surface area (Å²) in [5, 5.41) is 5.98. The third-order valence-electron chi connectivity index (χ3n) is 6.86. The van der Waals surface area contributed by atoms with Gasteiger partial charge in [0.15, 0.2) is 0 Å². The number of halogens is 3. The van der Waals surface area contributed by atoms with Crippen LogP contribution in [0.3, 0.4) is 0 Å². The molecule has 0 fully saturated rings. The molecule has 4 aromatic rings. The molecule has 0 unspecified atom stereocenters. The molecule has 0 aliphatic heterocycles. The van der Waals surface area contributed by atoms with E-state index >= 15 is 0 Å². The van der Waals surface area contributed by atoms with Crippen molar-refractivity contribution in [1.29, 1.82) is 0 Å². The summed E-state index contributed by atoms with van der Waals surface area (Å²) in [5.74, 6) is 0. The minimum Gasteiger partial charge on any atom is -1.00 e. The van der Waals surface area contributed by atoms with E-state index in [1.165, 1.54) is 65.3 Å². The van der Waals surface area contributed by atoms with Gasteiger partial charge >= 0.3 is 21.7 Å². The van der Waals surface area contributed by atoms with Crippen molar-refractivity contribution in [2.24, 2.45) is 0 Å². The molecule has 0 heterocycles. The third-order valence-corrected chi connectivity index (χ3v) is 11.7. The van der Waals surface area contributed by atoms with Gasteiger partial charge in [-0.05, 0) is 41.5 Å². The molecule has 0 aromatic heterocycles. The molecule has 4 rings (SSSR count). The Morgan fingerprint density at radius 3 is 0.972 bits per heavy atom. The average molecular weight is 590 g/mol. The van der Waals surface area contributed by atoms with E-state index in [2.05, 4.69) is 122 Å². The third kappa shape index (κ3) is 6.44. The van der Waals surface area contributed by atoms with Gasteiger partial charge in [-0.1, -0.05) is 117 Å². The van der Waals surface area contributed by atoms with Crippen molar-refractivity contribution in [3.63, 3.8) is 0 Å². The van der Waals surface area contributed by atoms with Crippen LogP contribution in [-0.2, 0) is 21.7 Å². The first-order valence-corrected chi connectivity index (χ1v) is 13.6. The zero-order valence-corrected chi connectivity index (χ0v) is 27.3. The number of benzene rings is 3. The van der Waals surface area contributed by atoms with Crippen LogP contribution >= 0.6 is 0 Å². The molecule has 0 atom stereocenters. The molecule has 0 bridgehead atoms. The molecule has 0 saturated heterocycles. The predicted octanol–water partition coefficient (Wildman–Crippen LogP) is -3.74. The van der Waals surface area contributed by atoms with Crippen molar-refractivity contribution in [1.82, 2.24) is 0 Å². The van der Waals surface area contributed by atoms with Crippen LogP contribution in [0.5, 0.6) is 0 Å². The molecule has 36 heavy (non-hydrogen) atoms. The molecule has 0 saturated carbocycles. The Balaban J connectivity index is 0.00000306. The fourth-order valence-electron chi connectivity index (χ4n) is 5.62. The first-order valence-electron chi connectivity index (χ1n) is 11.6. The van der Waals surface area contributed by atoms with Crippen LogP contribution in [0.2, 0.25) is 0 Å². The van der Waals surface area contributed by atoms with E-state index in [1.807, 2.05) is 0 Å². The van der Waals surface area contributed by atoms with Crippen molar-refractivity contribution >= 4 is 28.8 Å².